The summed E-state index contributed by atoms with van der Waals surface area (Å²) < 4.78 is 13.6. The summed E-state index contributed by atoms with van der Waals surface area (Å²) in [5.74, 6) is 0.140. The van der Waals surface area contributed by atoms with Crippen molar-refractivity contribution in [2.45, 2.75) is 19.4 Å². The topological polar surface area (TPSA) is 98.6 Å². The average Bonchev–Trinajstić information content (AvgIpc) is 2.29. The lowest BCUT2D eigenvalue weighted by atomic mass is 10.2. The van der Waals surface area contributed by atoms with Crippen LogP contribution in [-0.2, 0) is 9.47 Å². The second-order valence-electron chi connectivity index (χ2n) is 3.74. The van der Waals surface area contributed by atoms with E-state index in [1.165, 1.54) is 32.3 Å². The molecule has 1 heterocycles. The summed E-state index contributed by atoms with van der Waals surface area (Å²) in [7, 11) is 0. The number of rotatable bonds is 3. The Hall–Kier alpha value is -2.44. The monoisotopic (exact) mass is 252 g/mol. The third kappa shape index (κ3) is 4.60. The molecule has 0 saturated carbocycles. The van der Waals surface area contributed by atoms with Crippen molar-refractivity contribution >= 4 is 18.5 Å². The summed E-state index contributed by atoms with van der Waals surface area (Å²) in [6.07, 6.45) is 1.22. The zero-order valence-corrected chi connectivity index (χ0v) is 9.88. The Morgan fingerprint density at radius 3 is 2.67 bits per heavy atom. The van der Waals surface area contributed by atoms with Crippen LogP contribution in [0.2, 0.25) is 0 Å². The molecule has 0 bridgehead atoms. The van der Waals surface area contributed by atoms with E-state index in [0.717, 1.165) is 6.21 Å². The highest BCUT2D eigenvalue weighted by atomic mass is 16.8. The van der Waals surface area contributed by atoms with E-state index < -0.39 is 17.9 Å². The number of aromatic nitrogens is 1. The number of carbonyl (C=O) groups is 2. The summed E-state index contributed by atoms with van der Waals surface area (Å²) in [6.45, 7) is 2.93. The van der Waals surface area contributed by atoms with E-state index >= 15 is 0 Å². The standard InChI is InChI=1S/C11H12N2O5/c1-11(2,7-12)18-10(15)17-9(14)16-8-4-3-5-13-6-8/h3-7,12H,1-2H3. The summed E-state index contributed by atoms with van der Waals surface area (Å²) >= 11 is 0. The first kappa shape index (κ1) is 13.6. The van der Waals surface area contributed by atoms with Crippen LogP contribution in [0.3, 0.4) is 0 Å². The maximum absolute atomic E-state index is 11.2. The van der Waals surface area contributed by atoms with Crippen molar-refractivity contribution in [2.24, 2.45) is 0 Å². The Morgan fingerprint density at radius 1 is 1.39 bits per heavy atom. The molecule has 0 spiro atoms. The Kier molecular flexibility index (Phi) is 4.36. The van der Waals surface area contributed by atoms with Gasteiger partial charge in [-0.05, 0) is 26.0 Å². The van der Waals surface area contributed by atoms with Crippen molar-refractivity contribution in [3.05, 3.63) is 24.5 Å². The van der Waals surface area contributed by atoms with Crippen molar-refractivity contribution in [1.29, 1.82) is 5.41 Å². The van der Waals surface area contributed by atoms with Crippen LogP contribution in [0.5, 0.6) is 5.75 Å². The third-order valence-corrected chi connectivity index (χ3v) is 1.70. The Bertz CT molecular complexity index is 444. The number of hydrogen-bond acceptors (Lipinski definition) is 7. The van der Waals surface area contributed by atoms with E-state index in [0.29, 0.717) is 0 Å². The van der Waals surface area contributed by atoms with Gasteiger partial charge >= 0.3 is 12.3 Å². The van der Waals surface area contributed by atoms with Crippen LogP contribution in [0.25, 0.3) is 0 Å². The quantitative estimate of drug-likeness (QED) is 0.502. The number of nitrogens with zero attached hydrogens (tertiary/aromatic N) is 1. The van der Waals surface area contributed by atoms with Crippen molar-refractivity contribution < 1.29 is 23.8 Å². The van der Waals surface area contributed by atoms with Gasteiger partial charge in [0.05, 0.1) is 6.20 Å². The fraction of sp³-hybridized carbons (Fsp3) is 0.273. The minimum absolute atomic E-state index is 0.140. The van der Waals surface area contributed by atoms with Gasteiger partial charge in [0.1, 0.15) is 5.60 Å². The molecule has 96 valence electrons. The molecule has 0 aliphatic rings. The second-order valence-corrected chi connectivity index (χ2v) is 3.74. The highest BCUT2D eigenvalue weighted by Crippen LogP contribution is 2.10. The van der Waals surface area contributed by atoms with Gasteiger partial charge in [-0.3, -0.25) is 4.98 Å². The number of ether oxygens (including phenoxy) is 3. The van der Waals surface area contributed by atoms with Crippen molar-refractivity contribution in [1.82, 2.24) is 4.98 Å². The van der Waals surface area contributed by atoms with Crippen LogP contribution in [-0.4, -0.2) is 29.1 Å². The first-order valence-electron chi connectivity index (χ1n) is 4.97. The number of carbonyl (C=O) groups excluding carboxylic acids is 2. The normalized spacial score (nSPS) is 10.3. The van der Waals surface area contributed by atoms with E-state index in [1.807, 2.05) is 0 Å². The Balaban J connectivity index is 2.46. The van der Waals surface area contributed by atoms with Crippen LogP contribution < -0.4 is 4.74 Å². The predicted molar refractivity (Wildman–Crippen MR) is 60.7 cm³/mol. The molecular formula is C11H12N2O5. The molecule has 0 fully saturated rings. The summed E-state index contributed by atoms with van der Waals surface area (Å²) in [6, 6.07) is 3.03. The van der Waals surface area contributed by atoms with E-state index in [1.54, 1.807) is 6.07 Å². The molecule has 0 amide bonds. The lowest BCUT2D eigenvalue weighted by Gasteiger charge is -2.17. The highest BCUT2D eigenvalue weighted by Gasteiger charge is 2.23. The van der Waals surface area contributed by atoms with Gasteiger partial charge in [-0.1, -0.05) is 0 Å². The van der Waals surface area contributed by atoms with Gasteiger partial charge in [-0.2, -0.15) is 0 Å². The zero-order valence-electron chi connectivity index (χ0n) is 9.88. The minimum Gasteiger partial charge on any atom is -0.422 e. The van der Waals surface area contributed by atoms with Crippen LogP contribution >= 0.6 is 0 Å². The average molecular weight is 252 g/mol. The van der Waals surface area contributed by atoms with Crippen LogP contribution in [0.1, 0.15) is 13.8 Å². The van der Waals surface area contributed by atoms with Gasteiger partial charge in [0.15, 0.2) is 5.75 Å². The van der Waals surface area contributed by atoms with Gasteiger partial charge in [0.25, 0.3) is 0 Å². The molecule has 7 heteroatoms. The number of nitrogens with one attached hydrogen (secondary N) is 1. The van der Waals surface area contributed by atoms with Gasteiger partial charge in [0, 0.05) is 12.4 Å². The predicted octanol–water partition coefficient (Wildman–Crippen LogP) is 2.16. The summed E-state index contributed by atoms with van der Waals surface area (Å²) in [4.78, 5) is 26.0. The molecule has 0 atom stereocenters. The lowest BCUT2D eigenvalue weighted by molar-refractivity contribution is 0.0232. The number of pyridine rings is 1. The fourth-order valence-corrected chi connectivity index (χ4v) is 0.858. The number of hydrogen-bond donors (Lipinski definition) is 1. The van der Waals surface area contributed by atoms with Gasteiger partial charge in [0.2, 0.25) is 0 Å². The van der Waals surface area contributed by atoms with Crippen molar-refractivity contribution in [3.8, 4) is 5.75 Å². The van der Waals surface area contributed by atoms with E-state index in [9.17, 15) is 9.59 Å². The molecule has 0 aliphatic carbocycles. The summed E-state index contributed by atoms with van der Waals surface area (Å²) in [5.41, 5.74) is -1.15. The van der Waals surface area contributed by atoms with E-state index in [-0.39, 0.29) is 5.75 Å². The molecule has 1 N–H and O–H groups in total. The second kappa shape index (κ2) is 5.76. The fourth-order valence-electron chi connectivity index (χ4n) is 0.858. The lowest BCUT2D eigenvalue weighted by Crippen LogP contribution is -2.31. The molecule has 18 heavy (non-hydrogen) atoms. The molecule has 0 aromatic carbocycles. The van der Waals surface area contributed by atoms with Gasteiger partial charge in [-0.25, -0.2) is 9.59 Å². The molecule has 0 unspecified atom stereocenters. The highest BCUT2D eigenvalue weighted by molar-refractivity contribution is 5.80. The first-order chi connectivity index (χ1) is 8.43. The Labute approximate surface area is 103 Å². The maximum atomic E-state index is 11.2. The van der Waals surface area contributed by atoms with Crippen molar-refractivity contribution in [2.75, 3.05) is 0 Å². The van der Waals surface area contributed by atoms with Crippen LogP contribution in [0, 0.1) is 5.41 Å². The summed E-state index contributed by atoms with van der Waals surface area (Å²) in [5, 5.41) is 6.98. The molecule has 0 aliphatic heterocycles. The van der Waals surface area contributed by atoms with Gasteiger partial charge < -0.3 is 19.6 Å². The molecule has 1 aromatic heterocycles. The smallest absolute Gasteiger partial charge is 0.422 e. The molecule has 1 rings (SSSR count). The largest absolute Gasteiger partial charge is 0.524 e. The molecule has 1 aromatic rings. The molecule has 7 nitrogen and oxygen atoms in total. The minimum atomic E-state index is -1.24. The van der Waals surface area contributed by atoms with Crippen LogP contribution in [0.4, 0.5) is 9.59 Å². The zero-order chi connectivity index (χ0) is 13.6. The van der Waals surface area contributed by atoms with E-state index in [4.69, 9.17) is 5.41 Å². The Morgan fingerprint density at radius 2 is 2.11 bits per heavy atom. The van der Waals surface area contributed by atoms with E-state index in [2.05, 4.69) is 19.2 Å². The first-order valence-corrected chi connectivity index (χ1v) is 4.97. The molecule has 0 saturated heterocycles. The van der Waals surface area contributed by atoms with Crippen molar-refractivity contribution in [3.63, 3.8) is 0 Å². The third-order valence-electron chi connectivity index (χ3n) is 1.70. The van der Waals surface area contributed by atoms with Crippen LogP contribution in [0.15, 0.2) is 24.5 Å². The molecule has 0 radical (unpaired) electrons. The maximum Gasteiger partial charge on any atom is 0.524 e. The molecular weight excluding hydrogens is 240 g/mol. The van der Waals surface area contributed by atoms with Gasteiger partial charge in [-0.15, -0.1) is 0 Å². The SMILES string of the molecule is CC(C)(C=N)OC(=O)OC(=O)Oc1cccnc1.